The van der Waals surface area contributed by atoms with Crippen molar-refractivity contribution in [2.75, 3.05) is 7.11 Å². The van der Waals surface area contributed by atoms with Crippen LogP contribution in [0.25, 0.3) is 11.1 Å². The lowest BCUT2D eigenvalue weighted by atomic mass is 10.0. The van der Waals surface area contributed by atoms with Gasteiger partial charge in [0.15, 0.2) is 11.5 Å². The molecule has 0 bridgehead atoms. The monoisotopic (exact) mass is 515 g/mol. The fourth-order valence-electron chi connectivity index (χ4n) is 4.44. The van der Waals surface area contributed by atoms with Gasteiger partial charge in [0.1, 0.15) is 11.9 Å². The normalized spacial score (nSPS) is 10.7. The summed E-state index contributed by atoms with van der Waals surface area (Å²) in [5.74, 6) is 1.20. The minimum atomic E-state index is -0.300. The third-order valence-electron chi connectivity index (χ3n) is 6.43. The molecule has 0 aliphatic carbocycles. The van der Waals surface area contributed by atoms with E-state index in [0.29, 0.717) is 23.6 Å². The highest BCUT2D eigenvalue weighted by Gasteiger charge is 2.18. The van der Waals surface area contributed by atoms with Gasteiger partial charge in [-0.05, 0) is 64.2 Å². The number of amides is 1. The summed E-state index contributed by atoms with van der Waals surface area (Å²) in [6.07, 6.45) is -0.300. The first-order valence-corrected chi connectivity index (χ1v) is 12.7. The van der Waals surface area contributed by atoms with Gasteiger partial charge in [-0.3, -0.25) is 4.79 Å². The third-order valence-corrected chi connectivity index (χ3v) is 6.43. The van der Waals surface area contributed by atoms with Gasteiger partial charge in [0.05, 0.1) is 7.11 Å². The van der Waals surface area contributed by atoms with Gasteiger partial charge in [-0.2, -0.15) is 0 Å². The molecule has 0 saturated carbocycles. The second-order valence-corrected chi connectivity index (χ2v) is 9.12. The molecule has 5 heteroatoms. The summed E-state index contributed by atoms with van der Waals surface area (Å²) in [5, 5.41) is 12.8. The molecule has 0 spiro atoms. The van der Waals surface area contributed by atoms with Gasteiger partial charge < -0.3 is 19.9 Å². The molecule has 0 radical (unpaired) electrons. The number of phenols is 1. The van der Waals surface area contributed by atoms with Crippen LogP contribution in [0.1, 0.15) is 33.2 Å². The quantitative estimate of drug-likeness (QED) is 0.218. The zero-order valence-corrected chi connectivity index (χ0v) is 21.6. The number of rotatable bonds is 9. The number of phenolic OH excluding ortho intramolecular Hbond substituents is 1. The van der Waals surface area contributed by atoms with Crippen LogP contribution < -0.4 is 14.8 Å². The molecular weight excluding hydrogens is 486 g/mol. The predicted molar refractivity (Wildman–Crippen MR) is 153 cm³/mol. The van der Waals surface area contributed by atoms with E-state index >= 15 is 0 Å². The number of ether oxygens (including phenoxy) is 2. The van der Waals surface area contributed by atoms with Crippen molar-refractivity contribution in [2.45, 2.75) is 12.6 Å². The van der Waals surface area contributed by atoms with Crippen LogP contribution >= 0.6 is 0 Å². The molecule has 39 heavy (non-hydrogen) atoms. The molecule has 0 aromatic heterocycles. The van der Waals surface area contributed by atoms with Crippen LogP contribution in [-0.2, 0) is 6.54 Å². The van der Waals surface area contributed by atoms with E-state index in [-0.39, 0.29) is 17.8 Å². The van der Waals surface area contributed by atoms with Gasteiger partial charge in [-0.25, -0.2) is 0 Å². The number of carbonyl (C=O) groups is 1. The SMILES string of the molecule is COc1cc(CNC(=O)c2cccc(-c3cccc(O)c3)c2)ccc1OC(c1ccccc1)c1ccccc1. The maximum absolute atomic E-state index is 12.9. The molecule has 0 atom stereocenters. The fourth-order valence-corrected chi connectivity index (χ4v) is 4.44. The van der Waals surface area contributed by atoms with Crippen LogP contribution in [0, 0.1) is 0 Å². The highest BCUT2D eigenvalue weighted by Crippen LogP contribution is 2.35. The summed E-state index contributed by atoms with van der Waals surface area (Å²) in [6.45, 7) is 0.326. The number of methoxy groups -OCH3 is 1. The van der Waals surface area contributed by atoms with E-state index in [4.69, 9.17) is 9.47 Å². The lowest BCUT2D eigenvalue weighted by Gasteiger charge is -2.22. The van der Waals surface area contributed by atoms with Crippen molar-refractivity contribution in [3.05, 3.63) is 150 Å². The molecule has 2 N–H and O–H groups in total. The highest BCUT2D eigenvalue weighted by atomic mass is 16.5. The summed E-state index contributed by atoms with van der Waals surface area (Å²) in [6, 6.07) is 40.1. The Morgan fingerprint density at radius 3 is 2.00 bits per heavy atom. The van der Waals surface area contributed by atoms with Crippen LogP contribution in [0.2, 0.25) is 0 Å². The Kier molecular flexibility index (Phi) is 7.89. The van der Waals surface area contributed by atoms with Gasteiger partial charge in [0.2, 0.25) is 0 Å². The van der Waals surface area contributed by atoms with Gasteiger partial charge in [0.25, 0.3) is 5.91 Å². The van der Waals surface area contributed by atoms with E-state index in [2.05, 4.69) is 5.32 Å². The number of benzene rings is 5. The van der Waals surface area contributed by atoms with E-state index in [1.165, 1.54) is 0 Å². The first-order valence-electron chi connectivity index (χ1n) is 12.7. The summed E-state index contributed by atoms with van der Waals surface area (Å²) in [5.41, 5.74) is 5.19. The molecule has 1 amide bonds. The van der Waals surface area contributed by atoms with E-state index in [9.17, 15) is 9.90 Å². The summed E-state index contributed by atoms with van der Waals surface area (Å²) in [4.78, 5) is 12.9. The first kappa shape index (κ1) is 25.6. The second kappa shape index (κ2) is 12.0. The molecule has 0 fully saturated rings. The third kappa shape index (κ3) is 6.28. The van der Waals surface area contributed by atoms with Gasteiger partial charge in [-0.15, -0.1) is 0 Å². The minimum Gasteiger partial charge on any atom is -0.508 e. The molecule has 5 nitrogen and oxygen atoms in total. The van der Waals surface area contributed by atoms with Crippen molar-refractivity contribution in [1.82, 2.24) is 5.32 Å². The Labute approximate surface area is 228 Å². The Hall–Kier alpha value is -5.03. The number of hydrogen-bond acceptors (Lipinski definition) is 4. The summed E-state index contributed by atoms with van der Waals surface area (Å²) < 4.78 is 12.2. The van der Waals surface area contributed by atoms with Crippen LogP contribution in [0.5, 0.6) is 17.2 Å². The van der Waals surface area contributed by atoms with Crippen LogP contribution in [-0.4, -0.2) is 18.1 Å². The van der Waals surface area contributed by atoms with E-state index < -0.39 is 0 Å². The van der Waals surface area contributed by atoms with Crippen LogP contribution in [0.3, 0.4) is 0 Å². The fraction of sp³-hybridized carbons (Fsp3) is 0.0882. The Bertz CT molecular complexity index is 1510. The van der Waals surface area contributed by atoms with Gasteiger partial charge in [0, 0.05) is 12.1 Å². The predicted octanol–water partition coefficient (Wildman–Crippen LogP) is 7.17. The minimum absolute atomic E-state index is 0.183. The Morgan fingerprint density at radius 1 is 0.718 bits per heavy atom. The molecule has 5 aromatic carbocycles. The number of aromatic hydroxyl groups is 1. The lowest BCUT2D eigenvalue weighted by molar-refractivity contribution is 0.0951. The molecule has 0 unspecified atom stereocenters. The Balaban J connectivity index is 1.31. The number of hydrogen-bond donors (Lipinski definition) is 2. The largest absolute Gasteiger partial charge is 0.508 e. The Morgan fingerprint density at radius 2 is 1.36 bits per heavy atom. The van der Waals surface area contributed by atoms with Crippen molar-refractivity contribution in [3.8, 4) is 28.4 Å². The number of nitrogens with one attached hydrogen (secondary N) is 1. The average Bonchev–Trinajstić information content (AvgIpc) is 3.00. The number of carbonyl (C=O) groups excluding carboxylic acids is 1. The topological polar surface area (TPSA) is 67.8 Å². The highest BCUT2D eigenvalue weighted by molar-refractivity contribution is 5.95. The van der Waals surface area contributed by atoms with E-state index in [1.807, 2.05) is 103 Å². The average molecular weight is 516 g/mol. The van der Waals surface area contributed by atoms with Crippen molar-refractivity contribution in [1.29, 1.82) is 0 Å². The standard InChI is InChI=1S/C34H29NO4/c1-38-32-20-24(23-35-34(37)29-16-8-14-27(21-29)28-15-9-17-30(36)22-28)18-19-31(32)39-33(25-10-4-2-5-11-25)26-12-6-3-7-13-26/h2-22,33,36H,23H2,1H3,(H,35,37). The molecule has 0 saturated heterocycles. The van der Waals surface area contributed by atoms with Crippen molar-refractivity contribution in [2.24, 2.45) is 0 Å². The maximum Gasteiger partial charge on any atom is 0.251 e. The first-order chi connectivity index (χ1) is 19.1. The zero-order valence-electron chi connectivity index (χ0n) is 21.6. The smallest absolute Gasteiger partial charge is 0.251 e. The van der Waals surface area contributed by atoms with Crippen molar-refractivity contribution in [3.63, 3.8) is 0 Å². The van der Waals surface area contributed by atoms with Crippen LogP contribution in [0.4, 0.5) is 0 Å². The molecule has 194 valence electrons. The molecule has 0 aliphatic rings. The molecular formula is C34H29NO4. The second-order valence-electron chi connectivity index (χ2n) is 9.12. The zero-order chi connectivity index (χ0) is 27.0. The van der Waals surface area contributed by atoms with Crippen LogP contribution in [0.15, 0.2) is 127 Å². The molecule has 0 aliphatic heterocycles. The van der Waals surface area contributed by atoms with Crippen molar-refractivity contribution >= 4 is 5.91 Å². The summed E-state index contributed by atoms with van der Waals surface area (Å²) >= 11 is 0. The van der Waals surface area contributed by atoms with E-state index in [1.54, 1.807) is 31.4 Å². The van der Waals surface area contributed by atoms with E-state index in [0.717, 1.165) is 27.8 Å². The molecule has 5 rings (SSSR count). The maximum atomic E-state index is 12.9. The van der Waals surface area contributed by atoms with Gasteiger partial charge in [-0.1, -0.05) is 91.0 Å². The molecule has 0 heterocycles. The lowest BCUT2D eigenvalue weighted by Crippen LogP contribution is -2.22. The van der Waals surface area contributed by atoms with Gasteiger partial charge >= 0.3 is 0 Å². The van der Waals surface area contributed by atoms with Crippen molar-refractivity contribution < 1.29 is 19.4 Å². The summed E-state index contributed by atoms with van der Waals surface area (Å²) in [7, 11) is 1.61. The molecule has 5 aromatic rings.